The van der Waals surface area contributed by atoms with Crippen molar-refractivity contribution in [2.24, 2.45) is 7.05 Å². The van der Waals surface area contributed by atoms with Crippen molar-refractivity contribution in [1.82, 2.24) is 19.1 Å². The summed E-state index contributed by atoms with van der Waals surface area (Å²) in [7, 11) is 1.40. The van der Waals surface area contributed by atoms with E-state index in [-0.39, 0.29) is 11.3 Å². The Kier molecular flexibility index (Phi) is 2.97. The maximum Gasteiger partial charge on any atom is 0.329 e. The van der Waals surface area contributed by atoms with Gasteiger partial charge in [0.05, 0.1) is 6.54 Å². The molecule has 2 heterocycles. The van der Waals surface area contributed by atoms with Crippen LogP contribution in [0.1, 0.15) is 11.4 Å². The van der Waals surface area contributed by atoms with Gasteiger partial charge in [0.15, 0.2) is 5.52 Å². The molecule has 2 aromatic heterocycles. The fraction of sp³-hybridized carbons (Fsp3) is 0.214. The molecule has 0 bridgehead atoms. The summed E-state index contributed by atoms with van der Waals surface area (Å²) >= 11 is 0. The van der Waals surface area contributed by atoms with Crippen LogP contribution in [0.2, 0.25) is 0 Å². The molecule has 0 unspecified atom stereocenters. The largest absolute Gasteiger partial charge is 0.329 e. The Bertz CT molecular complexity index is 934. The van der Waals surface area contributed by atoms with E-state index in [0.717, 1.165) is 10.1 Å². The van der Waals surface area contributed by atoms with E-state index in [1.807, 2.05) is 0 Å². The lowest BCUT2D eigenvalue weighted by atomic mass is 10.2. The van der Waals surface area contributed by atoms with Gasteiger partial charge in [0.1, 0.15) is 17.3 Å². The second-order valence-corrected chi connectivity index (χ2v) is 4.86. The number of benzene rings is 1. The zero-order valence-corrected chi connectivity index (χ0v) is 11.6. The maximum absolute atomic E-state index is 12.9. The van der Waals surface area contributed by atoms with Gasteiger partial charge >= 0.3 is 5.69 Å². The first-order chi connectivity index (χ1) is 9.97. The Labute approximate surface area is 118 Å². The Balaban J connectivity index is 2.19. The minimum Gasteiger partial charge on any atom is -0.310 e. The summed E-state index contributed by atoms with van der Waals surface area (Å²) in [6.07, 6.45) is 0. The third kappa shape index (κ3) is 2.16. The number of halogens is 1. The van der Waals surface area contributed by atoms with E-state index in [2.05, 4.69) is 9.97 Å². The molecule has 0 aliphatic rings. The number of fused-ring (bicyclic) bond motifs is 1. The number of imidazole rings is 1. The molecule has 3 aromatic rings. The van der Waals surface area contributed by atoms with E-state index in [0.29, 0.717) is 18.0 Å². The number of nitrogens with zero attached hydrogens (tertiary/aromatic N) is 3. The second-order valence-electron chi connectivity index (χ2n) is 4.86. The SMILES string of the molecule is Cc1nc2c(=O)n(C)c(=O)[nH]c2n1Cc1ccc(F)cc1. The molecule has 21 heavy (non-hydrogen) atoms. The molecule has 0 aliphatic carbocycles. The lowest BCUT2D eigenvalue weighted by Gasteiger charge is -2.07. The standard InChI is InChI=1S/C14H13FN4O2/c1-8-16-11-12(17-14(21)18(2)13(11)20)19(8)7-9-3-5-10(15)6-4-9/h3-6H,7H2,1-2H3,(H,17,21). The molecule has 3 rings (SSSR count). The van der Waals surface area contributed by atoms with Gasteiger partial charge < -0.3 is 4.57 Å². The zero-order valence-electron chi connectivity index (χ0n) is 11.6. The summed E-state index contributed by atoms with van der Waals surface area (Å²) in [5, 5.41) is 0. The number of nitrogens with one attached hydrogen (secondary N) is 1. The summed E-state index contributed by atoms with van der Waals surface area (Å²) in [4.78, 5) is 30.6. The number of hydrogen-bond donors (Lipinski definition) is 1. The van der Waals surface area contributed by atoms with Gasteiger partial charge in [-0.05, 0) is 24.6 Å². The molecule has 108 valence electrons. The predicted octanol–water partition coefficient (Wildman–Crippen LogP) is 0.919. The van der Waals surface area contributed by atoms with Crippen LogP contribution in [0.5, 0.6) is 0 Å². The van der Waals surface area contributed by atoms with Crippen molar-refractivity contribution in [2.45, 2.75) is 13.5 Å². The third-order valence-corrected chi connectivity index (χ3v) is 3.45. The van der Waals surface area contributed by atoms with Crippen molar-refractivity contribution in [2.75, 3.05) is 0 Å². The van der Waals surface area contributed by atoms with E-state index in [4.69, 9.17) is 0 Å². The lowest BCUT2D eigenvalue weighted by Crippen LogP contribution is -2.32. The Morgan fingerprint density at radius 1 is 1.24 bits per heavy atom. The van der Waals surface area contributed by atoms with Gasteiger partial charge in [0, 0.05) is 7.05 Å². The van der Waals surface area contributed by atoms with E-state index in [1.165, 1.54) is 19.2 Å². The maximum atomic E-state index is 12.9. The zero-order chi connectivity index (χ0) is 15.1. The van der Waals surface area contributed by atoms with E-state index in [1.54, 1.807) is 23.6 Å². The van der Waals surface area contributed by atoms with Gasteiger partial charge in [-0.15, -0.1) is 0 Å². The fourth-order valence-corrected chi connectivity index (χ4v) is 2.24. The molecule has 0 amide bonds. The van der Waals surface area contributed by atoms with Crippen molar-refractivity contribution < 1.29 is 4.39 Å². The van der Waals surface area contributed by atoms with E-state index >= 15 is 0 Å². The Morgan fingerprint density at radius 2 is 1.90 bits per heavy atom. The second kappa shape index (κ2) is 4.69. The number of aromatic nitrogens is 4. The van der Waals surface area contributed by atoms with Crippen LogP contribution >= 0.6 is 0 Å². The van der Waals surface area contributed by atoms with Crippen LogP contribution in [0.3, 0.4) is 0 Å². The van der Waals surface area contributed by atoms with E-state index in [9.17, 15) is 14.0 Å². The molecule has 0 saturated heterocycles. The van der Waals surface area contributed by atoms with Gasteiger partial charge in [-0.2, -0.15) is 0 Å². The van der Waals surface area contributed by atoms with E-state index < -0.39 is 11.2 Å². The van der Waals surface area contributed by atoms with Crippen LogP contribution in [-0.2, 0) is 13.6 Å². The van der Waals surface area contributed by atoms with Crippen LogP contribution in [-0.4, -0.2) is 19.1 Å². The number of hydrogen-bond acceptors (Lipinski definition) is 3. The predicted molar refractivity (Wildman–Crippen MR) is 75.8 cm³/mol. The molecule has 1 N–H and O–H groups in total. The van der Waals surface area contributed by atoms with Crippen molar-refractivity contribution in [3.63, 3.8) is 0 Å². The molecule has 0 saturated carbocycles. The fourth-order valence-electron chi connectivity index (χ4n) is 2.24. The van der Waals surface area contributed by atoms with Crippen molar-refractivity contribution >= 4 is 11.2 Å². The summed E-state index contributed by atoms with van der Waals surface area (Å²) in [6.45, 7) is 2.15. The van der Waals surface area contributed by atoms with Crippen LogP contribution in [0, 0.1) is 12.7 Å². The number of rotatable bonds is 2. The Morgan fingerprint density at radius 3 is 2.57 bits per heavy atom. The van der Waals surface area contributed by atoms with Gasteiger partial charge in [0.2, 0.25) is 0 Å². The average molecular weight is 288 g/mol. The molecule has 0 radical (unpaired) electrons. The molecular weight excluding hydrogens is 275 g/mol. The molecule has 0 aliphatic heterocycles. The average Bonchev–Trinajstić information content (AvgIpc) is 2.76. The number of H-pyrrole nitrogens is 1. The molecule has 1 aromatic carbocycles. The van der Waals surface area contributed by atoms with Gasteiger partial charge in [-0.3, -0.25) is 14.3 Å². The number of aromatic amines is 1. The third-order valence-electron chi connectivity index (χ3n) is 3.45. The molecule has 6 nitrogen and oxygen atoms in total. The topological polar surface area (TPSA) is 72.7 Å². The highest BCUT2D eigenvalue weighted by molar-refractivity contribution is 5.70. The van der Waals surface area contributed by atoms with Crippen LogP contribution in [0.15, 0.2) is 33.9 Å². The smallest absolute Gasteiger partial charge is 0.310 e. The first kappa shape index (κ1) is 13.3. The minimum absolute atomic E-state index is 0.219. The minimum atomic E-state index is -0.493. The van der Waals surface area contributed by atoms with Crippen molar-refractivity contribution in [1.29, 1.82) is 0 Å². The molecule has 0 spiro atoms. The molecule has 7 heteroatoms. The van der Waals surface area contributed by atoms with Crippen molar-refractivity contribution in [3.05, 3.63) is 62.3 Å². The highest BCUT2D eigenvalue weighted by Gasteiger charge is 2.14. The van der Waals surface area contributed by atoms with Crippen LogP contribution < -0.4 is 11.2 Å². The molecule has 0 fully saturated rings. The van der Waals surface area contributed by atoms with Crippen molar-refractivity contribution in [3.8, 4) is 0 Å². The first-order valence-corrected chi connectivity index (χ1v) is 6.38. The number of aryl methyl sites for hydroxylation is 1. The molecular formula is C14H13FN4O2. The highest BCUT2D eigenvalue weighted by Crippen LogP contribution is 2.12. The monoisotopic (exact) mass is 288 g/mol. The summed E-state index contributed by atoms with van der Waals surface area (Å²) in [5.41, 5.74) is 0.518. The highest BCUT2D eigenvalue weighted by atomic mass is 19.1. The summed E-state index contributed by atoms with van der Waals surface area (Å²) in [5.74, 6) is 0.293. The van der Waals surface area contributed by atoms with Crippen LogP contribution in [0.4, 0.5) is 4.39 Å². The normalized spacial score (nSPS) is 11.2. The van der Waals surface area contributed by atoms with Gasteiger partial charge in [0.25, 0.3) is 5.56 Å². The lowest BCUT2D eigenvalue weighted by molar-refractivity contribution is 0.626. The quantitative estimate of drug-likeness (QED) is 0.762. The summed E-state index contributed by atoms with van der Waals surface area (Å²) < 4.78 is 15.6. The summed E-state index contributed by atoms with van der Waals surface area (Å²) in [6, 6.07) is 6.04. The van der Waals surface area contributed by atoms with Crippen LogP contribution in [0.25, 0.3) is 11.2 Å². The van der Waals surface area contributed by atoms with Gasteiger partial charge in [-0.25, -0.2) is 14.2 Å². The Hall–Kier alpha value is -2.70. The molecule has 0 atom stereocenters. The first-order valence-electron chi connectivity index (χ1n) is 6.38. The van der Waals surface area contributed by atoms with Gasteiger partial charge in [-0.1, -0.05) is 12.1 Å².